The van der Waals surface area contributed by atoms with Crippen molar-refractivity contribution in [1.29, 1.82) is 0 Å². The number of nitrogens with zero attached hydrogens (tertiary/aromatic N) is 2. The molecule has 0 atom stereocenters. The quantitative estimate of drug-likeness (QED) is 0.125. The van der Waals surface area contributed by atoms with Crippen LogP contribution in [0.4, 0.5) is 0 Å². The molecule has 4 aromatic rings. The molecule has 0 saturated carbocycles. The van der Waals surface area contributed by atoms with E-state index in [1.807, 2.05) is 12.3 Å². The van der Waals surface area contributed by atoms with Crippen molar-refractivity contribution in [3.05, 3.63) is 36.4 Å². The van der Waals surface area contributed by atoms with Crippen LogP contribution in [0.2, 0.25) is 0 Å². The van der Waals surface area contributed by atoms with Crippen molar-refractivity contribution in [2.24, 2.45) is 0 Å². The number of hydrogen-bond acceptors (Lipinski definition) is 12. The molecule has 0 saturated heterocycles. The van der Waals surface area contributed by atoms with Crippen LogP contribution in [0.15, 0.2) is 30.9 Å². The van der Waals surface area contributed by atoms with Crippen molar-refractivity contribution in [3.8, 4) is 23.3 Å². The van der Waals surface area contributed by atoms with E-state index in [0.29, 0.717) is 28.4 Å². The molecule has 0 spiro atoms. The first-order valence-corrected chi connectivity index (χ1v) is 12.3. The fourth-order valence-electron chi connectivity index (χ4n) is 3.40. The molecule has 15 heteroatoms. The van der Waals surface area contributed by atoms with Crippen LogP contribution >= 0.6 is 11.6 Å². The molecule has 0 bridgehead atoms. The first kappa shape index (κ1) is 32.4. The summed E-state index contributed by atoms with van der Waals surface area (Å²) in [5.41, 5.74) is 1.51. The number of ether oxygens (including phenoxy) is 6. The molecule has 0 aliphatic rings. The molecule has 0 aliphatic heterocycles. The molecule has 4 heterocycles. The highest BCUT2D eigenvalue weighted by atomic mass is 35.5. The van der Waals surface area contributed by atoms with Crippen molar-refractivity contribution in [3.63, 3.8) is 0 Å². The van der Waals surface area contributed by atoms with Crippen LogP contribution in [0.1, 0.15) is 24.2 Å². The van der Waals surface area contributed by atoms with Gasteiger partial charge in [-0.3, -0.25) is 9.59 Å². The Morgan fingerprint density at radius 3 is 1.85 bits per heavy atom. The molecular weight excluding hydrogens is 564 g/mol. The van der Waals surface area contributed by atoms with E-state index in [4.69, 9.17) is 35.3 Å². The standard InChI is InChI=1S/C13H14N2O5.C9H10N2O2.C4H5ClO3/c1-4-20-13(17)11(16)7-5-14-10-9(7)8(18-2)6-15-12(10)19-3;1-12-7-5-11-9(13-2)8-6(7)3-4-10-8;1-2-8-4(7)3(5)6/h5-6,14H,4H2,1-3H3;3-5,10H,1-2H3;2H2,1H3. The van der Waals surface area contributed by atoms with Gasteiger partial charge < -0.3 is 38.4 Å². The summed E-state index contributed by atoms with van der Waals surface area (Å²) >= 11 is 4.69. The van der Waals surface area contributed by atoms with Gasteiger partial charge >= 0.3 is 17.2 Å². The Labute approximate surface area is 239 Å². The highest BCUT2D eigenvalue weighted by Crippen LogP contribution is 2.33. The number of fused-ring (bicyclic) bond motifs is 2. The van der Waals surface area contributed by atoms with E-state index < -0.39 is 23.0 Å². The summed E-state index contributed by atoms with van der Waals surface area (Å²) in [6, 6.07) is 1.93. The van der Waals surface area contributed by atoms with Crippen LogP contribution in [-0.4, -0.2) is 84.6 Å². The predicted octanol–water partition coefficient (Wildman–Crippen LogP) is 3.22. The van der Waals surface area contributed by atoms with E-state index in [0.717, 1.165) is 16.7 Å². The molecule has 41 heavy (non-hydrogen) atoms. The molecule has 4 aromatic heterocycles. The Balaban J connectivity index is 0.000000240. The number of aromatic amines is 2. The largest absolute Gasteiger partial charge is 0.494 e. The van der Waals surface area contributed by atoms with E-state index in [2.05, 4.69) is 24.7 Å². The third-order valence-corrected chi connectivity index (χ3v) is 5.29. The summed E-state index contributed by atoms with van der Waals surface area (Å²) in [4.78, 5) is 57.5. The van der Waals surface area contributed by atoms with Gasteiger partial charge in [-0.2, -0.15) is 0 Å². The molecular formula is C26H29ClN4O10. The topological polar surface area (TPSA) is 181 Å². The zero-order chi connectivity index (χ0) is 30.5. The average molecular weight is 593 g/mol. The van der Waals surface area contributed by atoms with E-state index in [-0.39, 0.29) is 18.8 Å². The van der Waals surface area contributed by atoms with Crippen LogP contribution in [0, 0.1) is 0 Å². The lowest BCUT2D eigenvalue weighted by molar-refractivity contribution is -0.149. The lowest BCUT2D eigenvalue weighted by Gasteiger charge is -2.06. The fraction of sp³-hybridized carbons (Fsp3) is 0.308. The van der Waals surface area contributed by atoms with Gasteiger partial charge in [0, 0.05) is 17.8 Å². The van der Waals surface area contributed by atoms with Crippen LogP contribution < -0.4 is 18.9 Å². The Bertz CT molecular complexity index is 1480. The number of hydrogen-bond donors (Lipinski definition) is 2. The summed E-state index contributed by atoms with van der Waals surface area (Å²) in [5, 5.41) is 0.346. The normalized spacial score (nSPS) is 9.93. The number of methoxy groups -OCH3 is 4. The lowest BCUT2D eigenvalue weighted by Crippen LogP contribution is -2.17. The number of H-pyrrole nitrogens is 2. The highest BCUT2D eigenvalue weighted by molar-refractivity contribution is 6.80. The number of nitrogens with one attached hydrogen (secondary N) is 2. The second kappa shape index (κ2) is 15.7. The van der Waals surface area contributed by atoms with Crippen molar-refractivity contribution >= 4 is 56.4 Å². The first-order chi connectivity index (χ1) is 19.7. The fourth-order valence-corrected chi connectivity index (χ4v) is 3.45. The van der Waals surface area contributed by atoms with Gasteiger partial charge in [0.25, 0.3) is 5.78 Å². The van der Waals surface area contributed by atoms with Crippen LogP contribution in [0.25, 0.3) is 21.8 Å². The van der Waals surface area contributed by atoms with Crippen molar-refractivity contribution in [1.82, 2.24) is 19.9 Å². The number of Topliss-reactive ketones (excluding diaryl/α,β-unsaturated/α-hetero) is 1. The van der Waals surface area contributed by atoms with E-state index in [1.54, 1.807) is 34.3 Å². The Morgan fingerprint density at radius 2 is 1.34 bits per heavy atom. The van der Waals surface area contributed by atoms with Crippen LogP contribution in [0.5, 0.6) is 23.3 Å². The second-order valence-corrected chi connectivity index (χ2v) is 7.78. The van der Waals surface area contributed by atoms with E-state index in [1.165, 1.54) is 26.6 Å². The van der Waals surface area contributed by atoms with E-state index in [9.17, 15) is 19.2 Å². The van der Waals surface area contributed by atoms with Crippen molar-refractivity contribution in [2.45, 2.75) is 13.8 Å². The number of ketones is 1. The molecule has 14 nitrogen and oxygen atoms in total. The van der Waals surface area contributed by atoms with Crippen molar-refractivity contribution in [2.75, 3.05) is 41.7 Å². The van der Waals surface area contributed by atoms with Gasteiger partial charge in [0.15, 0.2) is 0 Å². The SMILES string of the molecule is CCOC(=O)C(=O)Cl.CCOC(=O)C(=O)c1c[nH]c2c(OC)ncc(OC)c12.COc1cnc(OC)c2[nH]ccc12. The van der Waals surface area contributed by atoms with Crippen molar-refractivity contribution < 1.29 is 47.6 Å². The molecule has 0 fully saturated rings. The average Bonchev–Trinajstić information content (AvgIpc) is 3.65. The molecule has 0 radical (unpaired) electrons. The maximum atomic E-state index is 12.1. The summed E-state index contributed by atoms with van der Waals surface area (Å²) in [7, 11) is 6.13. The number of aromatic nitrogens is 4. The second-order valence-electron chi connectivity index (χ2n) is 7.43. The van der Waals surface area contributed by atoms with Gasteiger partial charge in [-0.1, -0.05) is 0 Å². The zero-order valence-electron chi connectivity index (χ0n) is 23.2. The molecule has 220 valence electrons. The van der Waals surface area contributed by atoms with Gasteiger partial charge in [-0.15, -0.1) is 0 Å². The molecule has 0 amide bonds. The minimum atomic E-state index is -1.08. The maximum absolute atomic E-state index is 12.1. The monoisotopic (exact) mass is 592 g/mol. The van der Waals surface area contributed by atoms with Gasteiger partial charge in [0.2, 0.25) is 11.8 Å². The summed E-state index contributed by atoms with van der Waals surface area (Å²) < 4.78 is 29.4. The number of rotatable bonds is 9. The zero-order valence-corrected chi connectivity index (χ0v) is 23.9. The summed E-state index contributed by atoms with van der Waals surface area (Å²) in [5.74, 6) is -0.638. The maximum Gasteiger partial charge on any atom is 0.391 e. The van der Waals surface area contributed by atoms with Gasteiger partial charge in [-0.25, -0.2) is 19.6 Å². The Morgan fingerprint density at radius 1 is 0.780 bits per heavy atom. The highest BCUT2D eigenvalue weighted by Gasteiger charge is 2.25. The molecule has 2 N–H and O–H groups in total. The number of carbonyl (C=O) groups is 4. The number of carbonyl (C=O) groups excluding carboxylic acids is 4. The number of esters is 2. The molecule has 0 aromatic carbocycles. The third-order valence-electron chi connectivity index (χ3n) is 5.13. The van der Waals surface area contributed by atoms with Gasteiger partial charge in [0.1, 0.15) is 22.5 Å². The summed E-state index contributed by atoms with van der Waals surface area (Å²) in [6.45, 7) is 3.54. The molecule has 0 aliphatic carbocycles. The third kappa shape index (κ3) is 7.85. The summed E-state index contributed by atoms with van der Waals surface area (Å²) in [6.07, 6.45) is 6.32. The van der Waals surface area contributed by atoms with Crippen LogP contribution in [0.3, 0.4) is 0 Å². The van der Waals surface area contributed by atoms with Gasteiger partial charge in [0.05, 0.1) is 65.0 Å². The number of pyridine rings is 2. The molecule has 4 rings (SSSR count). The first-order valence-electron chi connectivity index (χ1n) is 11.9. The minimum absolute atomic E-state index is 0.134. The predicted molar refractivity (Wildman–Crippen MR) is 147 cm³/mol. The Hall–Kier alpha value is -4.85. The molecule has 0 unspecified atom stereocenters. The van der Waals surface area contributed by atoms with Gasteiger partial charge in [-0.05, 0) is 31.5 Å². The smallest absolute Gasteiger partial charge is 0.391 e. The van der Waals surface area contributed by atoms with Crippen LogP contribution in [-0.2, 0) is 23.9 Å². The minimum Gasteiger partial charge on any atom is -0.494 e. The van der Waals surface area contributed by atoms with E-state index >= 15 is 0 Å². The lowest BCUT2D eigenvalue weighted by atomic mass is 10.1. The Kier molecular flexibility index (Phi) is 12.4. The number of halogens is 1.